The minimum absolute atomic E-state index is 0.584. The van der Waals surface area contributed by atoms with Gasteiger partial charge in [0.2, 0.25) is 5.88 Å². The normalized spacial score (nSPS) is 10.3. The molecule has 0 aliphatic heterocycles. The van der Waals surface area contributed by atoms with E-state index in [0.29, 0.717) is 5.88 Å². The highest BCUT2D eigenvalue weighted by atomic mass is 127. The molecule has 0 saturated heterocycles. The average Bonchev–Trinajstić information content (AvgIpc) is 2.42. The van der Waals surface area contributed by atoms with Crippen LogP contribution in [0.3, 0.4) is 0 Å². The van der Waals surface area contributed by atoms with Gasteiger partial charge in [-0.25, -0.2) is 4.98 Å². The molecule has 1 heterocycles. The molecule has 106 valence electrons. The highest BCUT2D eigenvalue weighted by molar-refractivity contribution is 14.1. The summed E-state index contributed by atoms with van der Waals surface area (Å²) < 4.78 is 6.99. The van der Waals surface area contributed by atoms with Crippen LogP contribution in [-0.2, 0) is 6.42 Å². The van der Waals surface area contributed by atoms with Crippen molar-refractivity contribution in [2.24, 2.45) is 0 Å². The van der Waals surface area contributed by atoms with Crippen LogP contribution in [0, 0.1) is 3.57 Å². The number of hydrogen-bond acceptors (Lipinski definition) is 4. The van der Waals surface area contributed by atoms with Crippen LogP contribution in [0.5, 0.6) is 11.6 Å². The van der Waals surface area contributed by atoms with Gasteiger partial charge in [0.05, 0.1) is 0 Å². The van der Waals surface area contributed by atoms with Crippen LogP contribution >= 0.6 is 22.6 Å². The van der Waals surface area contributed by atoms with E-state index in [4.69, 9.17) is 4.74 Å². The van der Waals surface area contributed by atoms with Gasteiger partial charge in [0.1, 0.15) is 17.4 Å². The van der Waals surface area contributed by atoms with Crippen molar-refractivity contribution in [3.63, 3.8) is 0 Å². The summed E-state index contributed by atoms with van der Waals surface area (Å²) in [5.41, 5.74) is 0. The molecule has 0 unspecified atom stereocenters. The molecule has 1 aromatic heterocycles. The predicted octanol–water partition coefficient (Wildman–Crippen LogP) is 4.26. The SMILES string of the molecule is CCCc1nc(NCC)cc(Oc2ccc(I)cc2)n1. The summed E-state index contributed by atoms with van der Waals surface area (Å²) >= 11 is 2.27. The average molecular weight is 383 g/mol. The number of benzene rings is 1. The smallest absolute Gasteiger partial charge is 0.224 e. The number of ether oxygens (including phenoxy) is 1. The molecule has 0 radical (unpaired) electrons. The van der Waals surface area contributed by atoms with Crippen molar-refractivity contribution >= 4 is 28.4 Å². The van der Waals surface area contributed by atoms with Crippen molar-refractivity contribution in [1.29, 1.82) is 0 Å². The summed E-state index contributed by atoms with van der Waals surface area (Å²) in [6.07, 6.45) is 1.86. The van der Waals surface area contributed by atoms with Gasteiger partial charge in [-0.05, 0) is 60.2 Å². The van der Waals surface area contributed by atoms with Gasteiger partial charge in [0, 0.05) is 22.6 Å². The third kappa shape index (κ3) is 4.33. The molecule has 0 aliphatic carbocycles. The van der Waals surface area contributed by atoms with Crippen molar-refractivity contribution in [1.82, 2.24) is 9.97 Å². The lowest BCUT2D eigenvalue weighted by Gasteiger charge is -2.09. The lowest BCUT2D eigenvalue weighted by molar-refractivity contribution is 0.458. The number of aryl methyl sites for hydroxylation is 1. The standard InChI is InChI=1S/C15H18IN3O/c1-3-5-13-18-14(17-4-2)10-15(19-13)20-12-8-6-11(16)7-9-12/h6-10H,3-5H2,1-2H3,(H,17,18,19). The number of rotatable bonds is 6. The maximum absolute atomic E-state index is 5.81. The molecule has 0 fully saturated rings. The summed E-state index contributed by atoms with van der Waals surface area (Å²) in [7, 11) is 0. The molecule has 0 bridgehead atoms. The molecule has 0 atom stereocenters. The second-order valence-corrected chi connectivity index (χ2v) is 5.59. The second kappa shape index (κ2) is 7.42. The van der Waals surface area contributed by atoms with E-state index in [1.54, 1.807) is 0 Å². The third-order valence-corrected chi connectivity index (χ3v) is 3.34. The Morgan fingerprint density at radius 3 is 2.55 bits per heavy atom. The van der Waals surface area contributed by atoms with E-state index in [1.165, 1.54) is 3.57 Å². The Morgan fingerprint density at radius 2 is 1.90 bits per heavy atom. The molecule has 2 rings (SSSR count). The molecule has 4 nitrogen and oxygen atoms in total. The summed E-state index contributed by atoms with van der Waals surface area (Å²) in [5, 5.41) is 3.21. The number of hydrogen-bond donors (Lipinski definition) is 1. The monoisotopic (exact) mass is 383 g/mol. The zero-order chi connectivity index (χ0) is 14.4. The molecule has 1 aromatic carbocycles. The van der Waals surface area contributed by atoms with E-state index < -0.39 is 0 Å². The highest BCUT2D eigenvalue weighted by Crippen LogP contribution is 2.22. The lowest BCUT2D eigenvalue weighted by Crippen LogP contribution is -2.04. The number of aromatic nitrogens is 2. The molecule has 20 heavy (non-hydrogen) atoms. The molecular formula is C15H18IN3O. The Kier molecular flexibility index (Phi) is 5.58. The van der Waals surface area contributed by atoms with Gasteiger partial charge < -0.3 is 10.1 Å². The number of nitrogens with zero attached hydrogens (tertiary/aromatic N) is 2. The van der Waals surface area contributed by atoms with Gasteiger partial charge in [-0.2, -0.15) is 4.98 Å². The van der Waals surface area contributed by atoms with Gasteiger partial charge in [-0.15, -0.1) is 0 Å². The van der Waals surface area contributed by atoms with E-state index in [-0.39, 0.29) is 0 Å². The van der Waals surface area contributed by atoms with Crippen LogP contribution in [0.1, 0.15) is 26.1 Å². The van der Waals surface area contributed by atoms with E-state index in [0.717, 1.165) is 36.8 Å². The highest BCUT2D eigenvalue weighted by Gasteiger charge is 2.06. The van der Waals surface area contributed by atoms with Crippen LogP contribution < -0.4 is 10.1 Å². The quantitative estimate of drug-likeness (QED) is 0.758. The minimum Gasteiger partial charge on any atom is -0.439 e. The fourth-order valence-electron chi connectivity index (χ4n) is 1.76. The van der Waals surface area contributed by atoms with Gasteiger partial charge in [-0.3, -0.25) is 0 Å². The Labute approximate surface area is 133 Å². The first-order valence-electron chi connectivity index (χ1n) is 6.76. The maximum Gasteiger partial charge on any atom is 0.224 e. The summed E-state index contributed by atoms with van der Waals surface area (Å²) in [6, 6.07) is 9.73. The largest absolute Gasteiger partial charge is 0.439 e. The summed E-state index contributed by atoms with van der Waals surface area (Å²) in [6.45, 7) is 4.98. The van der Waals surface area contributed by atoms with E-state index in [9.17, 15) is 0 Å². The molecule has 0 spiro atoms. The number of anilines is 1. The molecule has 5 heteroatoms. The van der Waals surface area contributed by atoms with E-state index in [2.05, 4.69) is 44.8 Å². The fraction of sp³-hybridized carbons (Fsp3) is 0.333. The molecule has 1 N–H and O–H groups in total. The van der Waals surface area contributed by atoms with Gasteiger partial charge in [-0.1, -0.05) is 6.92 Å². The molecular weight excluding hydrogens is 365 g/mol. The first-order valence-corrected chi connectivity index (χ1v) is 7.84. The van der Waals surface area contributed by atoms with Crippen molar-refractivity contribution in [2.75, 3.05) is 11.9 Å². The minimum atomic E-state index is 0.584. The van der Waals surface area contributed by atoms with Gasteiger partial charge in [0.25, 0.3) is 0 Å². The summed E-state index contributed by atoms with van der Waals surface area (Å²) in [4.78, 5) is 8.91. The van der Waals surface area contributed by atoms with Crippen LogP contribution in [0.4, 0.5) is 5.82 Å². The molecule has 0 amide bonds. The van der Waals surface area contributed by atoms with Crippen LogP contribution in [0.25, 0.3) is 0 Å². The van der Waals surface area contributed by atoms with Gasteiger partial charge in [0.15, 0.2) is 0 Å². The zero-order valence-electron chi connectivity index (χ0n) is 11.7. The second-order valence-electron chi connectivity index (χ2n) is 4.34. The molecule has 0 saturated carbocycles. The lowest BCUT2D eigenvalue weighted by atomic mass is 10.3. The molecule has 0 aliphatic rings. The zero-order valence-corrected chi connectivity index (χ0v) is 13.8. The van der Waals surface area contributed by atoms with Crippen molar-refractivity contribution in [2.45, 2.75) is 26.7 Å². The Bertz CT molecular complexity index is 533. The summed E-state index contributed by atoms with van der Waals surface area (Å²) in [5.74, 6) is 2.99. The number of halogens is 1. The number of nitrogens with one attached hydrogen (secondary N) is 1. The third-order valence-electron chi connectivity index (χ3n) is 2.62. The Hall–Kier alpha value is -1.37. The fourth-order valence-corrected chi connectivity index (χ4v) is 2.12. The maximum atomic E-state index is 5.81. The van der Waals surface area contributed by atoms with Crippen molar-refractivity contribution in [3.8, 4) is 11.6 Å². The van der Waals surface area contributed by atoms with E-state index >= 15 is 0 Å². The van der Waals surface area contributed by atoms with E-state index in [1.807, 2.05) is 37.3 Å². The van der Waals surface area contributed by atoms with Gasteiger partial charge >= 0.3 is 0 Å². The first-order chi connectivity index (χ1) is 9.71. The van der Waals surface area contributed by atoms with Crippen LogP contribution in [-0.4, -0.2) is 16.5 Å². The topological polar surface area (TPSA) is 47.0 Å². The Balaban J connectivity index is 2.22. The van der Waals surface area contributed by atoms with Crippen molar-refractivity contribution < 1.29 is 4.74 Å². The van der Waals surface area contributed by atoms with Crippen molar-refractivity contribution in [3.05, 3.63) is 39.7 Å². The first kappa shape index (κ1) is 15.0. The van der Waals surface area contributed by atoms with Crippen LogP contribution in [0.15, 0.2) is 30.3 Å². The molecule has 2 aromatic rings. The Morgan fingerprint density at radius 1 is 1.15 bits per heavy atom. The predicted molar refractivity (Wildman–Crippen MR) is 89.4 cm³/mol. The van der Waals surface area contributed by atoms with Crippen LogP contribution in [0.2, 0.25) is 0 Å².